The van der Waals surface area contributed by atoms with E-state index in [-0.39, 0.29) is 0 Å². The van der Waals surface area contributed by atoms with Gasteiger partial charge in [0.15, 0.2) is 0 Å². The van der Waals surface area contributed by atoms with Crippen LogP contribution in [-0.4, -0.2) is 16.7 Å². The number of fused-ring (bicyclic) bond motifs is 1. The number of ether oxygens (including phenoxy) is 2. The van der Waals surface area contributed by atoms with Crippen LogP contribution in [0.4, 0.5) is 0 Å². The van der Waals surface area contributed by atoms with Gasteiger partial charge in [0, 0.05) is 17.0 Å². The van der Waals surface area contributed by atoms with Crippen molar-refractivity contribution in [1.29, 1.82) is 0 Å². The Balaban J connectivity index is 1.63. The Hall–Kier alpha value is -1.59. The summed E-state index contributed by atoms with van der Waals surface area (Å²) in [5.74, 6) is 1.45. The SMILES string of the molecule is CCCc1nc(COc2ccc3c(c2)OCC3O)cs1. The van der Waals surface area contributed by atoms with Crippen molar-refractivity contribution in [2.45, 2.75) is 32.5 Å². The lowest BCUT2D eigenvalue weighted by Crippen LogP contribution is -1.97. The van der Waals surface area contributed by atoms with Crippen molar-refractivity contribution in [3.63, 3.8) is 0 Å². The molecule has 1 unspecified atom stereocenters. The van der Waals surface area contributed by atoms with E-state index in [1.165, 1.54) is 0 Å². The van der Waals surface area contributed by atoms with E-state index < -0.39 is 6.10 Å². The van der Waals surface area contributed by atoms with Gasteiger partial charge >= 0.3 is 0 Å². The predicted molar refractivity (Wildman–Crippen MR) is 77.3 cm³/mol. The molecule has 1 aromatic heterocycles. The molecule has 0 saturated heterocycles. The summed E-state index contributed by atoms with van der Waals surface area (Å²) in [6.45, 7) is 2.93. The van der Waals surface area contributed by atoms with Gasteiger partial charge in [-0.2, -0.15) is 0 Å². The summed E-state index contributed by atoms with van der Waals surface area (Å²) in [5, 5.41) is 12.9. The molecule has 5 heteroatoms. The van der Waals surface area contributed by atoms with Gasteiger partial charge in [0.2, 0.25) is 0 Å². The van der Waals surface area contributed by atoms with E-state index in [4.69, 9.17) is 9.47 Å². The van der Waals surface area contributed by atoms with Crippen LogP contribution >= 0.6 is 11.3 Å². The van der Waals surface area contributed by atoms with Crippen LogP contribution in [0.25, 0.3) is 0 Å². The monoisotopic (exact) mass is 291 g/mol. The molecular formula is C15H17NO3S. The molecule has 1 atom stereocenters. The number of aliphatic hydroxyl groups is 1. The molecule has 0 aliphatic carbocycles. The molecule has 0 saturated carbocycles. The third-order valence-corrected chi connectivity index (χ3v) is 4.15. The van der Waals surface area contributed by atoms with Crippen LogP contribution in [-0.2, 0) is 13.0 Å². The zero-order valence-corrected chi connectivity index (χ0v) is 12.2. The minimum absolute atomic E-state index is 0.325. The van der Waals surface area contributed by atoms with Crippen LogP contribution in [0.1, 0.15) is 35.7 Å². The molecule has 1 aliphatic heterocycles. The topological polar surface area (TPSA) is 51.6 Å². The van der Waals surface area contributed by atoms with Crippen LogP contribution < -0.4 is 9.47 Å². The number of thiazole rings is 1. The van der Waals surface area contributed by atoms with Crippen molar-refractivity contribution in [3.8, 4) is 11.5 Å². The standard InChI is InChI=1S/C15H17NO3S/c1-2-3-15-16-10(9-20-15)7-18-11-4-5-12-13(17)8-19-14(12)6-11/h4-6,9,13,17H,2-3,7-8H2,1H3. The number of aryl methyl sites for hydroxylation is 1. The van der Waals surface area contributed by atoms with Gasteiger partial charge in [-0.3, -0.25) is 0 Å². The highest BCUT2D eigenvalue weighted by atomic mass is 32.1. The second kappa shape index (κ2) is 5.81. The van der Waals surface area contributed by atoms with Gasteiger partial charge in [-0.05, 0) is 25.0 Å². The van der Waals surface area contributed by atoms with Crippen molar-refractivity contribution in [2.75, 3.05) is 6.61 Å². The number of hydrogen-bond donors (Lipinski definition) is 1. The fourth-order valence-electron chi connectivity index (χ4n) is 2.16. The maximum atomic E-state index is 9.66. The number of aliphatic hydroxyl groups excluding tert-OH is 1. The lowest BCUT2D eigenvalue weighted by Gasteiger charge is -2.06. The first-order valence-electron chi connectivity index (χ1n) is 6.77. The average molecular weight is 291 g/mol. The van der Waals surface area contributed by atoms with Gasteiger partial charge in [0.1, 0.15) is 30.8 Å². The highest BCUT2D eigenvalue weighted by Crippen LogP contribution is 2.35. The van der Waals surface area contributed by atoms with E-state index in [0.29, 0.717) is 19.0 Å². The summed E-state index contributed by atoms with van der Waals surface area (Å²) in [4.78, 5) is 4.52. The highest BCUT2D eigenvalue weighted by molar-refractivity contribution is 7.09. The molecule has 0 amide bonds. The number of aromatic nitrogens is 1. The maximum Gasteiger partial charge on any atom is 0.131 e. The largest absolute Gasteiger partial charge is 0.490 e. The Morgan fingerprint density at radius 2 is 2.40 bits per heavy atom. The average Bonchev–Trinajstić information content (AvgIpc) is 3.04. The molecule has 106 valence electrons. The zero-order valence-electron chi connectivity index (χ0n) is 11.3. The molecule has 0 radical (unpaired) electrons. The number of hydrogen-bond acceptors (Lipinski definition) is 5. The van der Waals surface area contributed by atoms with Gasteiger partial charge in [-0.15, -0.1) is 11.3 Å². The summed E-state index contributed by atoms with van der Waals surface area (Å²) in [5.41, 5.74) is 1.79. The summed E-state index contributed by atoms with van der Waals surface area (Å²) in [6, 6.07) is 5.53. The first kappa shape index (κ1) is 13.4. The molecule has 1 aromatic carbocycles. The summed E-state index contributed by atoms with van der Waals surface area (Å²) in [6.07, 6.45) is 1.61. The Morgan fingerprint density at radius 1 is 1.50 bits per heavy atom. The molecular weight excluding hydrogens is 274 g/mol. The van der Waals surface area contributed by atoms with Crippen LogP contribution in [0.5, 0.6) is 11.5 Å². The van der Waals surface area contributed by atoms with Gasteiger partial charge in [0.05, 0.1) is 10.7 Å². The first-order valence-corrected chi connectivity index (χ1v) is 7.65. The fraction of sp³-hybridized carbons (Fsp3) is 0.400. The molecule has 0 spiro atoms. The van der Waals surface area contributed by atoms with Gasteiger partial charge in [-0.1, -0.05) is 6.92 Å². The Morgan fingerprint density at radius 3 is 3.25 bits per heavy atom. The van der Waals surface area contributed by atoms with Crippen LogP contribution in [0.2, 0.25) is 0 Å². The third kappa shape index (κ3) is 2.78. The summed E-state index contributed by atoms with van der Waals surface area (Å²) in [7, 11) is 0. The highest BCUT2D eigenvalue weighted by Gasteiger charge is 2.22. The van der Waals surface area contributed by atoms with E-state index >= 15 is 0 Å². The van der Waals surface area contributed by atoms with E-state index in [9.17, 15) is 5.11 Å². The smallest absolute Gasteiger partial charge is 0.131 e. The van der Waals surface area contributed by atoms with Gasteiger partial charge < -0.3 is 14.6 Å². The molecule has 1 aliphatic rings. The Kier molecular flexibility index (Phi) is 3.89. The molecule has 3 rings (SSSR count). The maximum absolute atomic E-state index is 9.66. The Bertz CT molecular complexity index is 597. The van der Waals surface area contributed by atoms with Crippen molar-refractivity contribution in [2.24, 2.45) is 0 Å². The number of benzene rings is 1. The fourth-order valence-corrected chi connectivity index (χ4v) is 3.05. The van der Waals surface area contributed by atoms with Crippen molar-refractivity contribution < 1.29 is 14.6 Å². The predicted octanol–water partition coefficient (Wildman–Crippen LogP) is 3.10. The van der Waals surface area contributed by atoms with Crippen molar-refractivity contribution in [3.05, 3.63) is 39.8 Å². The Labute approximate surface area is 122 Å². The molecule has 20 heavy (non-hydrogen) atoms. The summed E-state index contributed by atoms with van der Waals surface area (Å²) >= 11 is 1.68. The van der Waals surface area contributed by atoms with Crippen LogP contribution in [0, 0.1) is 0 Å². The van der Waals surface area contributed by atoms with Gasteiger partial charge in [0.25, 0.3) is 0 Å². The first-order chi connectivity index (χ1) is 9.76. The normalized spacial score (nSPS) is 16.8. The number of nitrogens with zero attached hydrogens (tertiary/aromatic N) is 1. The second-order valence-corrected chi connectivity index (χ2v) is 5.74. The lowest BCUT2D eigenvalue weighted by molar-refractivity contribution is 0.140. The van der Waals surface area contributed by atoms with E-state index in [1.807, 2.05) is 23.6 Å². The molecule has 0 fully saturated rings. The zero-order chi connectivity index (χ0) is 13.9. The summed E-state index contributed by atoms with van der Waals surface area (Å²) < 4.78 is 11.1. The van der Waals surface area contributed by atoms with Crippen molar-refractivity contribution in [1.82, 2.24) is 4.98 Å². The molecule has 2 aromatic rings. The molecule has 1 N–H and O–H groups in total. The third-order valence-electron chi connectivity index (χ3n) is 3.19. The van der Waals surface area contributed by atoms with Crippen molar-refractivity contribution >= 4 is 11.3 Å². The molecule has 4 nitrogen and oxygen atoms in total. The lowest BCUT2D eigenvalue weighted by atomic mass is 10.1. The van der Waals surface area contributed by atoms with E-state index in [2.05, 4.69) is 11.9 Å². The van der Waals surface area contributed by atoms with E-state index in [0.717, 1.165) is 34.9 Å². The molecule has 0 bridgehead atoms. The number of rotatable bonds is 5. The van der Waals surface area contributed by atoms with Crippen LogP contribution in [0.3, 0.4) is 0 Å². The minimum atomic E-state index is -0.519. The molecule has 2 heterocycles. The minimum Gasteiger partial charge on any atom is -0.490 e. The van der Waals surface area contributed by atoms with Gasteiger partial charge in [-0.25, -0.2) is 4.98 Å². The van der Waals surface area contributed by atoms with Crippen LogP contribution in [0.15, 0.2) is 23.6 Å². The quantitative estimate of drug-likeness (QED) is 0.919. The second-order valence-electron chi connectivity index (χ2n) is 4.80. The van der Waals surface area contributed by atoms with E-state index in [1.54, 1.807) is 11.3 Å².